The molecule has 2 rings (SSSR count). The van der Waals surface area contributed by atoms with Crippen LogP contribution in [0.4, 0.5) is 0 Å². The van der Waals surface area contributed by atoms with E-state index in [1.807, 2.05) is 37.3 Å². The van der Waals surface area contributed by atoms with Gasteiger partial charge in [-0.15, -0.1) is 0 Å². The van der Waals surface area contributed by atoms with Gasteiger partial charge in [0.15, 0.2) is 0 Å². The van der Waals surface area contributed by atoms with Crippen LogP contribution in [0.5, 0.6) is 5.75 Å². The van der Waals surface area contributed by atoms with Crippen LogP contribution in [0.15, 0.2) is 42.7 Å². The third-order valence-corrected chi connectivity index (χ3v) is 3.31. The van der Waals surface area contributed by atoms with E-state index in [2.05, 4.69) is 4.98 Å². The molecule has 104 valence electrons. The lowest BCUT2D eigenvalue weighted by molar-refractivity contribution is -0.138. The maximum Gasteiger partial charge on any atom is 0.311 e. The van der Waals surface area contributed by atoms with E-state index in [4.69, 9.17) is 4.74 Å². The number of aromatic nitrogens is 1. The molecule has 0 aliphatic rings. The second-order valence-corrected chi connectivity index (χ2v) is 4.68. The van der Waals surface area contributed by atoms with Crippen molar-refractivity contribution in [3.05, 3.63) is 59.4 Å². The van der Waals surface area contributed by atoms with Gasteiger partial charge in [0.1, 0.15) is 5.75 Å². The first kappa shape index (κ1) is 14.1. The SMILES string of the molecule is COc1ccc(C(Cc2ccncc2)C(=O)O)cc1C. The summed E-state index contributed by atoms with van der Waals surface area (Å²) in [6, 6.07) is 9.18. The van der Waals surface area contributed by atoms with Crippen molar-refractivity contribution in [2.75, 3.05) is 7.11 Å². The van der Waals surface area contributed by atoms with Crippen LogP contribution in [0.3, 0.4) is 0 Å². The smallest absolute Gasteiger partial charge is 0.311 e. The molecule has 1 heterocycles. The van der Waals surface area contributed by atoms with Gasteiger partial charge in [0, 0.05) is 12.4 Å². The summed E-state index contributed by atoms with van der Waals surface area (Å²) in [4.78, 5) is 15.5. The van der Waals surface area contributed by atoms with E-state index in [-0.39, 0.29) is 0 Å². The number of carboxylic acid groups (broad SMARTS) is 1. The van der Waals surface area contributed by atoms with Gasteiger partial charge in [-0.05, 0) is 48.2 Å². The Labute approximate surface area is 118 Å². The minimum atomic E-state index is -0.827. The van der Waals surface area contributed by atoms with Crippen molar-refractivity contribution in [2.45, 2.75) is 19.3 Å². The first-order valence-electron chi connectivity index (χ1n) is 6.38. The molecule has 4 nitrogen and oxygen atoms in total. The van der Waals surface area contributed by atoms with Crippen molar-refractivity contribution in [2.24, 2.45) is 0 Å². The molecular weight excluding hydrogens is 254 g/mol. The number of ether oxygens (including phenoxy) is 1. The zero-order chi connectivity index (χ0) is 14.5. The van der Waals surface area contributed by atoms with Crippen molar-refractivity contribution >= 4 is 5.97 Å². The minimum Gasteiger partial charge on any atom is -0.496 e. The Hall–Kier alpha value is -2.36. The molecule has 0 aliphatic heterocycles. The Morgan fingerprint density at radius 2 is 2.00 bits per heavy atom. The molecule has 0 saturated heterocycles. The highest BCUT2D eigenvalue weighted by atomic mass is 16.5. The molecule has 1 atom stereocenters. The first-order valence-corrected chi connectivity index (χ1v) is 6.38. The van der Waals surface area contributed by atoms with Gasteiger partial charge in [-0.25, -0.2) is 0 Å². The molecule has 0 saturated carbocycles. The normalized spacial score (nSPS) is 11.9. The number of rotatable bonds is 5. The Balaban J connectivity index is 2.29. The van der Waals surface area contributed by atoms with Crippen LogP contribution in [0.1, 0.15) is 22.6 Å². The quantitative estimate of drug-likeness (QED) is 0.908. The fourth-order valence-electron chi connectivity index (χ4n) is 2.22. The average molecular weight is 271 g/mol. The summed E-state index contributed by atoms with van der Waals surface area (Å²) in [5.41, 5.74) is 2.68. The van der Waals surface area contributed by atoms with Gasteiger partial charge in [0.25, 0.3) is 0 Å². The molecule has 1 aromatic carbocycles. The lowest BCUT2D eigenvalue weighted by Gasteiger charge is -2.15. The van der Waals surface area contributed by atoms with E-state index >= 15 is 0 Å². The van der Waals surface area contributed by atoms with Gasteiger partial charge in [-0.2, -0.15) is 0 Å². The Bertz CT molecular complexity index is 596. The van der Waals surface area contributed by atoms with Gasteiger partial charge in [0.05, 0.1) is 13.0 Å². The van der Waals surface area contributed by atoms with Gasteiger partial charge in [-0.3, -0.25) is 9.78 Å². The van der Waals surface area contributed by atoms with Gasteiger partial charge >= 0.3 is 5.97 Å². The monoisotopic (exact) mass is 271 g/mol. The average Bonchev–Trinajstić information content (AvgIpc) is 2.45. The summed E-state index contributed by atoms with van der Waals surface area (Å²) in [5, 5.41) is 9.46. The molecule has 20 heavy (non-hydrogen) atoms. The Kier molecular flexibility index (Phi) is 4.35. The number of carboxylic acids is 1. The van der Waals surface area contributed by atoms with Gasteiger partial charge < -0.3 is 9.84 Å². The molecule has 1 N–H and O–H groups in total. The number of aliphatic carboxylic acids is 1. The second kappa shape index (κ2) is 6.19. The number of carbonyl (C=O) groups is 1. The maximum absolute atomic E-state index is 11.5. The third kappa shape index (κ3) is 3.15. The van der Waals surface area contributed by atoms with Crippen molar-refractivity contribution in [1.82, 2.24) is 4.98 Å². The summed E-state index contributed by atoms with van der Waals surface area (Å²) in [5.74, 6) is -0.629. The number of aryl methyl sites for hydroxylation is 1. The second-order valence-electron chi connectivity index (χ2n) is 4.68. The van der Waals surface area contributed by atoms with Crippen molar-refractivity contribution in [3.8, 4) is 5.75 Å². The van der Waals surface area contributed by atoms with Crippen LogP contribution in [0, 0.1) is 6.92 Å². The molecule has 4 heteroatoms. The van der Waals surface area contributed by atoms with Crippen LogP contribution >= 0.6 is 0 Å². The number of hydrogen-bond acceptors (Lipinski definition) is 3. The fraction of sp³-hybridized carbons (Fsp3) is 0.250. The summed E-state index contributed by atoms with van der Waals surface area (Å²) >= 11 is 0. The number of pyridine rings is 1. The predicted octanol–water partition coefficient (Wildman–Crippen LogP) is 2.81. The van der Waals surface area contributed by atoms with E-state index in [1.165, 1.54) is 0 Å². The molecule has 0 radical (unpaired) electrons. The molecule has 0 spiro atoms. The highest BCUT2D eigenvalue weighted by molar-refractivity contribution is 5.76. The maximum atomic E-state index is 11.5. The van der Waals surface area contributed by atoms with Crippen LogP contribution in [0.25, 0.3) is 0 Å². The molecule has 1 unspecified atom stereocenters. The summed E-state index contributed by atoms with van der Waals surface area (Å²) < 4.78 is 5.20. The van der Waals surface area contributed by atoms with Crippen LogP contribution in [-0.4, -0.2) is 23.2 Å². The number of methoxy groups -OCH3 is 1. The highest BCUT2D eigenvalue weighted by Gasteiger charge is 2.21. The van der Waals surface area contributed by atoms with E-state index in [9.17, 15) is 9.90 Å². The van der Waals surface area contributed by atoms with E-state index in [0.29, 0.717) is 6.42 Å². The van der Waals surface area contributed by atoms with Crippen molar-refractivity contribution in [1.29, 1.82) is 0 Å². The Morgan fingerprint density at radius 3 is 2.55 bits per heavy atom. The van der Waals surface area contributed by atoms with Crippen LogP contribution < -0.4 is 4.74 Å². The van der Waals surface area contributed by atoms with Crippen LogP contribution in [-0.2, 0) is 11.2 Å². The molecule has 0 fully saturated rings. The lowest BCUT2D eigenvalue weighted by atomic mass is 9.91. The molecule has 1 aromatic heterocycles. The molecule has 0 bridgehead atoms. The lowest BCUT2D eigenvalue weighted by Crippen LogP contribution is -2.14. The molecule has 0 amide bonds. The van der Waals surface area contributed by atoms with E-state index in [1.54, 1.807) is 19.5 Å². The Morgan fingerprint density at radius 1 is 1.30 bits per heavy atom. The van der Waals surface area contributed by atoms with E-state index < -0.39 is 11.9 Å². The van der Waals surface area contributed by atoms with Gasteiger partial charge in [0.2, 0.25) is 0 Å². The largest absolute Gasteiger partial charge is 0.496 e. The van der Waals surface area contributed by atoms with Crippen molar-refractivity contribution < 1.29 is 14.6 Å². The van der Waals surface area contributed by atoms with Gasteiger partial charge in [-0.1, -0.05) is 12.1 Å². The zero-order valence-corrected chi connectivity index (χ0v) is 11.5. The number of hydrogen-bond donors (Lipinski definition) is 1. The first-order chi connectivity index (χ1) is 9.61. The topological polar surface area (TPSA) is 59.4 Å². The number of nitrogens with zero attached hydrogens (tertiary/aromatic N) is 1. The summed E-state index contributed by atoms with van der Waals surface area (Å²) in [6.07, 6.45) is 3.80. The van der Waals surface area contributed by atoms with E-state index in [0.717, 1.165) is 22.4 Å². The molecule has 0 aliphatic carbocycles. The fourth-order valence-corrected chi connectivity index (χ4v) is 2.22. The van der Waals surface area contributed by atoms with Crippen molar-refractivity contribution in [3.63, 3.8) is 0 Å². The zero-order valence-electron chi connectivity index (χ0n) is 11.5. The van der Waals surface area contributed by atoms with Crippen LogP contribution in [0.2, 0.25) is 0 Å². The molecular formula is C16H17NO3. The highest BCUT2D eigenvalue weighted by Crippen LogP contribution is 2.26. The third-order valence-electron chi connectivity index (χ3n) is 3.31. The number of benzene rings is 1. The summed E-state index contributed by atoms with van der Waals surface area (Å²) in [6.45, 7) is 1.91. The standard InChI is InChI=1S/C16H17NO3/c1-11-9-13(3-4-15(11)20-2)14(16(18)19)10-12-5-7-17-8-6-12/h3-9,14H,10H2,1-2H3,(H,18,19). The molecule has 2 aromatic rings. The summed E-state index contributed by atoms with van der Waals surface area (Å²) in [7, 11) is 1.60. The predicted molar refractivity (Wildman–Crippen MR) is 76.0 cm³/mol. The minimum absolute atomic E-state index is 0.448.